The lowest BCUT2D eigenvalue weighted by atomic mass is 10.1. The van der Waals surface area contributed by atoms with E-state index in [1.807, 2.05) is 24.3 Å². The van der Waals surface area contributed by atoms with E-state index in [1.165, 1.54) is 18.9 Å². The van der Waals surface area contributed by atoms with Crippen LogP contribution in [0.3, 0.4) is 0 Å². The predicted octanol–water partition coefficient (Wildman–Crippen LogP) is 7.88. The summed E-state index contributed by atoms with van der Waals surface area (Å²) in [6, 6.07) is 18.1. The Hall–Kier alpha value is -3.88. The number of hydrogen-bond donors (Lipinski definition) is 2. The molecule has 0 aliphatic heterocycles. The van der Waals surface area contributed by atoms with E-state index >= 15 is 0 Å². The highest BCUT2D eigenvalue weighted by atomic mass is 19.4. The van der Waals surface area contributed by atoms with Gasteiger partial charge in [-0.2, -0.15) is 18.2 Å². The van der Waals surface area contributed by atoms with E-state index in [2.05, 4.69) is 15.6 Å². The largest absolute Gasteiger partial charge is 0.457 e. The lowest BCUT2D eigenvalue weighted by Gasteiger charge is -2.16. The van der Waals surface area contributed by atoms with Gasteiger partial charge in [-0.25, -0.2) is 9.37 Å². The van der Waals surface area contributed by atoms with Crippen LogP contribution in [0.2, 0.25) is 0 Å². The normalized spacial score (nSPS) is 14.2. The van der Waals surface area contributed by atoms with E-state index < -0.39 is 18.4 Å². The summed E-state index contributed by atoms with van der Waals surface area (Å²) in [6.45, 7) is -0.573. The first-order chi connectivity index (χ1) is 17.9. The van der Waals surface area contributed by atoms with Gasteiger partial charge in [-0.15, -0.1) is 0 Å². The Morgan fingerprint density at radius 1 is 0.865 bits per heavy atom. The van der Waals surface area contributed by atoms with Crippen molar-refractivity contribution in [1.82, 2.24) is 9.97 Å². The zero-order chi connectivity index (χ0) is 25.8. The van der Waals surface area contributed by atoms with E-state index in [1.54, 1.807) is 24.3 Å². The number of ether oxygens (including phenoxy) is 1. The molecule has 1 fully saturated rings. The van der Waals surface area contributed by atoms with Crippen molar-refractivity contribution in [1.29, 1.82) is 0 Å². The van der Waals surface area contributed by atoms with Crippen LogP contribution >= 0.6 is 0 Å². The number of hydrogen-bond acceptors (Lipinski definition) is 5. The van der Waals surface area contributed by atoms with Crippen molar-refractivity contribution in [2.24, 2.45) is 0 Å². The first-order valence-electron chi connectivity index (χ1n) is 12.2. The van der Waals surface area contributed by atoms with Crippen molar-refractivity contribution >= 4 is 22.7 Å². The molecule has 1 aliphatic rings. The fraction of sp³-hybridized carbons (Fsp3) is 0.286. The highest BCUT2D eigenvalue weighted by Crippen LogP contribution is 2.34. The third kappa shape index (κ3) is 6.10. The SMILES string of the molecule is FCc1cc(Oc2ccc(CNc3nc(NC4CCCC4)c4ccccc4n3)cc2)cc(C(F)(F)F)c1. The average molecular weight is 511 g/mol. The molecule has 1 saturated carbocycles. The first kappa shape index (κ1) is 24.8. The summed E-state index contributed by atoms with van der Waals surface area (Å²) in [6.07, 6.45) is 0.110. The first-order valence-corrected chi connectivity index (χ1v) is 12.2. The van der Waals surface area contributed by atoms with Gasteiger partial charge in [-0.05, 0) is 66.4 Å². The summed E-state index contributed by atoms with van der Waals surface area (Å²) in [4.78, 5) is 9.35. The zero-order valence-corrected chi connectivity index (χ0v) is 20.0. The summed E-state index contributed by atoms with van der Waals surface area (Å²) in [5.41, 5.74) is 0.708. The maximum absolute atomic E-state index is 13.1. The molecule has 1 aliphatic carbocycles. The summed E-state index contributed by atoms with van der Waals surface area (Å²) in [7, 11) is 0. The van der Waals surface area contributed by atoms with Crippen LogP contribution in [-0.4, -0.2) is 16.0 Å². The molecule has 9 heteroatoms. The number of anilines is 2. The molecule has 4 aromatic rings. The average Bonchev–Trinajstić information content (AvgIpc) is 3.41. The Bertz CT molecular complexity index is 1370. The maximum Gasteiger partial charge on any atom is 0.416 e. The Labute approximate surface area is 211 Å². The van der Waals surface area contributed by atoms with Crippen molar-refractivity contribution in [2.75, 3.05) is 10.6 Å². The second-order valence-electron chi connectivity index (χ2n) is 9.14. The summed E-state index contributed by atoms with van der Waals surface area (Å²) >= 11 is 0. The molecule has 1 aromatic heterocycles. The number of para-hydroxylation sites is 1. The molecule has 192 valence electrons. The number of rotatable bonds is 8. The molecule has 37 heavy (non-hydrogen) atoms. The number of fused-ring (bicyclic) bond motifs is 1. The molecule has 0 unspecified atom stereocenters. The highest BCUT2D eigenvalue weighted by molar-refractivity contribution is 5.90. The van der Waals surface area contributed by atoms with Crippen molar-refractivity contribution in [3.8, 4) is 11.5 Å². The van der Waals surface area contributed by atoms with Gasteiger partial charge < -0.3 is 15.4 Å². The smallest absolute Gasteiger partial charge is 0.416 e. The highest BCUT2D eigenvalue weighted by Gasteiger charge is 2.31. The second-order valence-corrected chi connectivity index (χ2v) is 9.14. The van der Waals surface area contributed by atoms with Gasteiger partial charge in [0.2, 0.25) is 5.95 Å². The minimum Gasteiger partial charge on any atom is -0.457 e. The Balaban J connectivity index is 1.28. The van der Waals surface area contributed by atoms with Gasteiger partial charge in [0.15, 0.2) is 0 Å². The zero-order valence-electron chi connectivity index (χ0n) is 20.0. The lowest BCUT2D eigenvalue weighted by molar-refractivity contribution is -0.137. The van der Waals surface area contributed by atoms with Crippen molar-refractivity contribution in [3.05, 3.63) is 83.4 Å². The Morgan fingerprint density at radius 2 is 1.62 bits per heavy atom. The molecule has 0 spiro atoms. The van der Waals surface area contributed by atoms with E-state index in [9.17, 15) is 17.6 Å². The fourth-order valence-corrected chi connectivity index (χ4v) is 4.48. The molecule has 0 atom stereocenters. The summed E-state index contributed by atoms with van der Waals surface area (Å²) < 4.78 is 58.0. The molecular weight excluding hydrogens is 484 g/mol. The van der Waals surface area contributed by atoms with Gasteiger partial charge in [0.25, 0.3) is 0 Å². The van der Waals surface area contributed by atoms with E-state index in [-0.39, 0.29) is 11.3 Å². The van der Waals surface area contributed by atoms with Crippen molar-refractivity contribution in [2.45, 2.75) is 51.1 Å². The molecule has 2 N–H and O–H groups in total. The predicted molar refractivity (Wildman–Crippen MR) is 136 cm³/mol. The molecule has 0 bridgehead atoms. The van der Waals surface area contributed by atoms with Crippen LogP contribution in [0.15, 0.2) is 66.7 Å². The van der Waals surface area contributed by atoms with Gasteiger partial charge in [-0.1, -0.05) is 37.1 Å². The third-order valence-corrected chi connectivity index (χ3v) is 6.36. The van der Waals surface area contributed by atoms with Crippen LogP contribution in [0.25, 0.3) is 10.9 Å². The number of halogens is 4. The number of nitrogens with zero attached hydrogens (tertiary/aromatic N) is 2. The molecule has 1 heterocycles. The molecule has 5 rings (SSSR count). The molecule has 5 nitrogen and oxygen atoms in total. The van der Waals surface area contributed by atoms with Gasteiger partial charge in [0.1, 0.15) is 24.0 Å². The molecule has 0 saturated heterocycles. The van der Waals surface area contributed by atoms with E-state index in [4.69, 9.17) is 9.72 Å². The van der Waals surface area contributed by atoms with Crippen LogP contribution in [-0.2, 0) is 19.4 Å². The van der Waals surface area contributed by atoms with Gasteiger partial charge in [0.05, 0.1) is 11.1 Å². The molecule has 3 aromatic carbocycles. The van der Waals surface area contributed by atoms with E-state index in [0.717, 1.165) is 47.3 Å². The minimum absolute atomic E-state index is 0.0693. The van der Waals surface area contributed by atoms with Crippen LogP contribution in [0.4, 0.5) is 29.3 Å². The molecule has 0 amide bonds. The standard InChI is InChI=1S/C28H26F4N4O/c29-16-19-13-20(28(30,31)32)15-23(14-19)37-22-11-9-18(10-12-22)17-33-27-35-25-8-4-3-7-24(25)26(36-27)34-21-5-1-2-6-21/h3-4,7-15,21H,1-2,5-6,16-17H2,(H2,33,34,35,36). The number of nitrogens with one attached hydrogen (secondary N) is 2. The topological polar surface area (TPSA) is 59.1 Å². The number of benzene rings is 3. The quantitative estimate of drug-likeness (QED) is 0.236. The van der Waals surface area contributed by atoms with Gasteiger partial charge >= 0.3 is 6.18 Å². The second kappa shape index (κ2) is 10.6. The number of alkyl halides is 4. The lowest BCUT2D eigenvalue weighted by Crippen LogP contribution is -2.17. The van der Waals surface area contributed by atoms with Crippen molar-refractivity contribution < 1.29 is 22.3 Å². The van der Waals surface area contributed by atoms with Crippen LogP contribution in [0.1, 0.15) is 42.4 Å². The summed E-state index contributed by atoms with van der Waals surface area (Å²) in [5, 5.41) is 7.81. The number of aromatic nitrogens is 2. The van der Waals surface area contributed by atoms with Gasteiger partial charge in [0, 0.05) is 18.0 Å². The van der Waals surface area contributed by atoms with Crippen LogP contribution in [0.5, 0.6) is 11.5 Å². The van der Waals surface area contributed by atoms with Crippen molar-refractivity contribution in [3.63, 3.8) is 0 Å². The molecular formula is C28H26F4N4O. The fourth-order valence-electron chi connectivity index (χ4n) is 4.48. The minimum atomic E-state index is -4.59. The van der Waals surface area contributed by atoms with Crippen LogP contribution < -0.4 is 15.4 Å². The van der Waals surface area contributed by atoms with Gasteiger partial charge in [-0.3, -0.25) is 0 Å². The Morgan fingerprint density at radius 3 is 2.35 bits per heavy atom. The Kier molecular flexibility index (Phi) is 7.12. The molecule has 0 radical (unpaired) electrons. The summed E-state index contributed by atoms with van der Waals surface area (Å²) in [5.74, 6) is 1.60. The third-order valence-electron chi connectivity index (χ3n) is 6.36. The monoisotopic (exact) mass is 510 g/mol. The van der Waals surface area contributed by atoms with Crippen LogP contribution in [0, 0.1) is 0 Å². The van der Waals surface area contributed by atoms with E-state index in [0.29, 0.717) is 24.3 Å². The maximum atomic E-state index is 13.1.